The smallest absolute Gasteiger partial charge is 0.142 e. The van der Waals surface area contributed by atoms with Crippen molar-refractivity contribution in [3.8, 4) is 5.75 Å². The van der Waals surface area contributed by atoms with Gasteiger partial charge >= 0.3 is 0 Å². The van der Waals surface area contributed by atoms with Crippen LogP contribution in [0.15, 0.2) is 29.8 Å². The minimum absolute atomic E-state index is 0.704. The van der Waals surface area contributed by atoms with E-state index in [4.69, 9.17) is 4.74 Å². The third kappa shape index (κ3) is 4.93. The first kappa shape index (κ1) is 20.6. The molecular formula is C23H34N4OS. The highest BCUT2D eigenvalue weighted by Gasteiger charge is 2.25. The molecule has 1 aromatic carbocycles. The number of piperazine rings is 1. The van der Waals surface area contributed by atoms with Crippen molar-refractivity contribution in [3.05, 3.63) is 40.3 Å². The van der Waals surface area contributed by atoms with Crippen LogP contribution in [-0.4, -0.2) is 73.7 Å². The first-order chi connectivity index (χ1) is 14.3. The molecule has 1 aliphatic carbocycles. The summed E-state index contributed by atoms with van der Waals surface area (Å²) in [7, 11) is 1.76. The number of methoxy groups -OCH3 is 1. The minimum atomic E-state index is 0.704. The number of para-hydroxylation sites is 2. The quantitative estimate of drug-likeness (QED) is 0.660. The van der Waals surface area contributed by atoms with Gasteiger partial charge in [-0.15, -0.1) is 11.3 Å². The van der Waals surface area contributed by atoms with Crippen molar-refractivity contribution in [2.45, 2.75) is 38.6 Å². The van der Waals surface area contributed by atoms with Gasteiger partial charge in [-0.05, 0) is 57.5 Å². The molecule has 4 rings (SSSR count). The number of likely N-dealkylation sites (N-methyl/N-ethyl adjacent to an activating group) is 1. The van der Waals surface area contributed by atoms with Crippen LogP contribution < -0.4 is 9.64 Å². The number of aryl methyl sites for hydroxylation is 1. The molecule has 29 heavy (non-hydrogen) atoms. The number of rotatable bonds is 8. The Morgan fingerprint density at radius 1 is 1.21 bits per heavy atom. The fraction of sp³-hybridized carbons (Fsp3) is 0.609. The number of benzene rings is 1. The molecule has 1 saturated heterocycles. The van der Waals surface area contributed by atoms with Gasteiger partial charge in [-0.1, -0.05) is 19.1 Å². The van der Waals surface area contributed by atoms with Crippen LogP contribution in [0, 0.1) is 0 Å². The molecule has 1 atom stereocenters. The van der Waals surface area contributed by atoms with E-state index in [1.807, 2.05) is 22.9 Å². The van der Waals surface area contributed by atoms with Crippen molar-refractivity contribution in [1.29, 1.82) is 0 Å². The van der Waals surface area contributed by atoms with Crippen molar-refractivity contribution in [1.82, 2.24) is 14.8 Å². The Balaban J connectivity index is 1.21. The van der Waals surface area contributed by atoms with E-state index in [-0.39, 0.29) is 0 Å². The molecule has 0 bridgehead atoms. The van der Waals surface area contributed by atoms with Gasteiger partial charge in [0, 0.05) is 37.1 Å². The van der Waals surface area contributed by atoms with Gasteiger partial charge in [-0.25, -0.2) is 4.98 Å². The molecule has 1 aromatic heterocycles. The largest absolute Gasteiger partial charge is 0.495 e. The van der Waals surface area contributed by atoms with Crippen LogP contribution in [0.3, 0.4) is 0 Å². The topological polar surface area (TPSA) is 31.8 Å². The standard InChI is InChI=1S/C23H34N4OS/c1-3-26(19-9-10-20-23(17-19)29-18-24-20)12-6-11-25-13-15-27(16-14-25)21-7-4-5-8-22(21)28-2/h4-5,7-8,18-19H,3,6,9-17H2,1-2H3. The Bertz CT molecular complexity index is 772. The van der Waals surface area contributed by atoms with Gasteiger partial charge in [0.25, 0.3) is 0 Å². The summed E-state index contributed by atoms with van der Waals surface area (Å²) < 4.78 is 5.54. The number of thiazole rings is 1. The summed E-state index contributed by atoms with van der Waals surface area (Å²) in [4.78, 5) is 13.8. The van der Waals surface area contributed by atoms with Crippen LogP contribution in [0.1, 0.15) is 30.3 Å². The highest BCUT2D eigenvalue weighted by atomic mass is 32.1. The van der Waals surface area contributed by atoms with Crippen molar-refractivity contribution < 1.29 is 4.74 Å². The van der Waals surface area contributed by atoms with Gasteiger partial charge in [0.05, 0.1) is 24.0 Å². The van der Waals surface area contributed by atoms with E-state index in [0.717, 1.165) is 44.9 Å². The summed E-state index contributed by atoms with van der Waals surface area (Å²) in [5.41, 5.74) is 4.61. The summed E-state index contributed by atoms with van der Waals surface area (Å²) >= 11 is 1.84. The van der Waals surface area contributed by atoms with Crippen LogP contribution in [0.2, 0.25) is 0 Å². The molecule has 158 valence electrons. The average molecular weight is 415 g/mol. The molecule has 1 unspecified atom stereocenters. The number of ether oxygens (including phenoxy) is 1. The van der Waals surface area contributed by atoms with Crippen LogP contribution in [-0.2, 0) is 12.8 Å². The lowest BCUT2D eigenvalue weighted by Crippen LogP contribution is -2.47. The molecule has 2 heterocycles. The summed E-state index contributed by atoms with van der Waals surface area (Å²) in [5.74, 6) is 0.983. The first-order valence-corrected chi connectivity index (χ1v) is 11.9. The van der Waals surface area contributed by atoms with Crippen LogP contribution in [0.5, 0.6) is 5.75 Å². The maximum Gasteiger partial charge on any atom is 0.142 e. The number of hydrogen-bond acceptors (Lipinski definition) is 6. The molecule has 1 fully saturated rings. The average Bonchev–Trinajstić information content (AvgIpc) is 3.25. The molecule has 0 amide bonds. The summed E-state index contributed by atoms with van der Waals surface area (Å²) in [5, 5.41) is 0. The van der Waals surface area contributed by atoms with Gasteiger partial charge in [-0.2, -0.15) is 0 Å². The highest BCUT2D eigenvalue weighted by molar-refractivity contribution is 7.09. The first-order valence-electron chi connectivity index (χ1n) is 11.0. The third-order valence-corrected chi connectivity index (χ3v) is 7.40. The molecule has 0 saturated carbocycles. The molecule has 1 aliphatic heterocycles. The fourth-order valence-corrected chi connectivity index (χ4v) is 5.68. The Labute approximate surface area is 179 Å². The van der Waals surface area contributed by atoms with E-state index in [2.05, 4.69) is 44.8 Å². The second kappa shape index (κ2) is 9.92. The molecule has 6 heteroatoms. The van der Waals surface area contributed by atoms with E-state index in [1.54, 1.807) is 7.11 Å². The minimum Gasteiger partial charge on any atom is -0.495 e. The second-order valence-corrected chi connectivity index (χ2v) is 9.04. The second-order valence-electron chi connectivity index (χ2n) is 8.10. The molecule has 0 N–H and O–H groups in total. The fourth-order valence-electron chi connectivity index (χ4n) is 4.79. The predicted molar refractivity (Wildman–Crippen MR) is 121 cm³/mol. The van der Waals surface area contributed by atoms with Crippen molar-refractivity contribution in [2.24, 2.45) is 0 Å². The van der Waals surface area contributed by atoms with Crippen molar-refractivity contribution >= 4 is 17.0 Å². The van der Waals surface area contributed by atoms with Crippen molar-refractivity contribution in [3.63, 3.8) is 0 Å². The van der Waals surface area contributed by atoms with E-state index in [1.165, 1.54) is 48.6 Å². The van der Waals surface area contributed by atoms with Gasteiger partial charge in [-0.3, -0.25) is 4.90 Å². The zero-order valence-electron chi connectivity index (χ0n) is 17.8. The van der Waals surface area contributed by atoms with Crippen LogP contribution in [0.25, 0.3) is 0 Å². The molecule has 2 aliphatic rings. The number of hydrogen-bond donors (Lipinski definition) is 0. The van der Waals surface area contributed by atoms with Gasteiger partial charge in [0.1, 0.15) is 5.75 Å². The zero-order chi connectivity index (χ0) is 20.1. The van der Waals surface area contributed by atoms with E-state index < -0.39 is 0 Å². The number of nitrogens with zero attached hydrogens (tertiary/aromatic N) is 4. The van der Waals surface area contributed by atoms with E-state index >= 15 is 0 Å². The Morgan fingerprint density at radius 3 is 2.83 bits per heavy atom. The monoisotopic (exact) mass is 414 g/mol. The van der Waals surface area contributed by atoms with Gasteiger partial charge in [0.15, 0.2) is 0 Å². The Morgan fingerprint density at radius 2 is 2.03 bits per heavy atom. The lowest BCUT2D eigenvalue weighted by molar-refractivity contribution is 0.170. The maximum absolute atomic E-state index is 5.54. The van der Waals surface area contributed by atoms with Crippen LogP contribution in [0.4, 0.5) is 5.69 Å². The number of anilines is 1. The molecule has 5 nitrogen and oxygen atoms in total. The molecular weight excluding hydrogens is 380 g/mol. The zero-order valence-corrected chi connectivity index (χ0v) is 18.7. The molecule has 0 spiro atoms. The van der Waals surface area contributed by atoms with E-state index in [0.29, 0.717) is 6.04 Å². The van der Waals surface area contributed by atoms with Gasteiger partial charge < -0.3 is 14.5 Å². The maximum atomic E-state index is 5.54. The predicted octanol–water partition coefficient (Wildman–Crippen LogP) is 3.54. The number of fused-ring (bicyclic) bond motifs is 1. The number of aromatic nitrogens is 1. The highest BCUT2D eigenvalue weighted by Crippen LogP contribution is 2.29. The van der Waals surface area contributed by atoms with Gasteiger partial charge in [0.2, 0.25) is 0 Å². The van der Waals surface area contributed by atoms with Crippen molar-refractivity contribution in [2.75, 3.05) is 57.8 Å². The summed E-state index contributed by atoms with van der Waals surface area (Å²) in [6.45, 7) is 10.3. The lowest BCUT2D eigenvalue weighted by atomic mass is 9.96. The normalized spacial score (nSPS) is 20.1. The molecule has 0 radical (unpaired) electrons. The summed E-state index contributed by atoms with van der Waals surface area (Å²) in [6.07, 6.45) is 4.88. The Hall–Kier alpha value is -1.63. The SMILES string of the molecule is CCN(CCCN1CCN(c2ccccc2OC)CC1)C1CCc2ncsc2C1. The third-order valence-electron chi connectivity index (χ3n) is 6.50. The lowest BCUT2D eigenvalue weighted by Gasteiger charge is -2.37. The van der Waals surface area contributed by atoms with Crippen LogP contribution >= 0.6 is 11.3 Å². The van der Waals surface area contributed by atoms with E-state index in [9.17, 15) is 0 Å². The summed E-state index contributed by atoms with van der Waals surface area (Å²) in [6, 6.07) is 9.08. The Kier molecular flexibility index (Phi) is 7.06. The molecule has 2 aromatic rings.